The van der Waals surface area contributed by atoms with Crippen LogP contribution in [0.3, 0.4) is 0 Å². The van der Waals surface area contributed by atoms with Gasteiger partial charge in [-0.2, -0.15) is 0 Å². The summed E-state index contributed by atoms with van der Waals surface area (Å²) in [6.07, 6.45) is 0. The third-order valence-electron chi connectivity index (χ3n) is 2.95. The van der Waals surface area contributed by atoms with E-state index in [2.05, 4.69) is 34.1 Å². The van der Waals surface area contributed by atoms with E-state index in [0.29, 0.717) is 0 Å². The van der Waals surface area contributed by atoms with Gasteiger partial charge < -0.3 is 10.5 Å². The summed E-state index contributed by atoms with van der Waals surface area (Å²) < 4.78 is 6.48. The molecule has 0 saturated heterocycles. The quantitative estimate of drug-likeness (QED) is 0.918. The molecule has 0 spiro atoms. The first-order valence-corrected chi connectivity index (χ1v) is 7.30. The highest BCUT2D eigenvalue weighted by Gasteiger charge is 2.14. The SMILES string of the molecule is COc1c(C)cc(C(N)c2ccc(Br)s2)cc1C. The van der Waals surface area contributed by atoms with Crippen molar-refractivity contribution in [3.05, 3.63) is 49.6 Å². The predicted molar refractivity (Wildman–Crippen MR) is 80.5 cm³/mol. The van der Waals surface area contributed by atoms with Gasteiger partial charge in [-0.05, 0) is 58.6 Å². The number of aryl methyl sites for hydroxylation is 2. The van der Waals surface area contributed by atoms with Gasteiger partial charge in [0, 0.05) is 4.88 Å². The number of benzene rings is 1. The minimum Gasteiger partial charge on any atom is -0.496 e. The molecule has 1 heterocycles. The van der Waals surface area contributed by atoms with Crippen molar-refractivity contribution in [2.75, 3.05) is 7.11 Å². The number of hydrogen-bond donors (Lipinski definition) is 1. The second-order valence-corrected chi connectivity index (χ2v) is 6.80. The van der Waals surface area contributed by atoms with Gasteiger partial charge >= 0.3 is 0 Å². The summed E-state index contributed by atoms with van der Waals surface area (Å²) in [6, 6.07) is 8.22. The normalized spacial score (nSPS) is 12.5. The van der Waals surface area contributed by atoms with E-state index in [4.69, 9.17) is 10.5 Å². The Morgan fingerprint density at radius 3 is 2.28 bits per heavy atom. The Bertz CT molecular complexity index is 542. The van der Waals surface area contributed by atoms with Gasteiger partial charge in [0.1, 0.15) is 5.75 Å². The van der Waals surface area contributed by atoms with Crippen LogP contribution in [0, 0.1) is 13.8 Å². The zero-order valence-corrected chi connectivity index (χ0v) is 13.1. The minimum atomic E-state index is -0.0791. The molecule has 0 aliphatic rings. The number of hydrogen-bond acceptors (Lipinski definition) is 3. The molecule has 1 atom stereocenters. The molecule has 1 aromatic carbocycles. The van der Waals surface area contributed by atoms with Crippen molar-refractivity contribution in [2.24, 2.45) is 5.73 Å². The monoisotopic (exact) mass is 325 g/mol. The van der Waals surface area contributed by atoms with Crippen LogP contribution in [0.1, 0.15) is 27.6 Å². The van der Waals surface area contributed by atoms with Gasteiger partial charge in [0.25, 0.3) is 0 Å². The lowest BCUT2D eigenvalue weighted by Crippen LogP contribution is -2.11. The number of halogens is 1. The maximum atomic E-state index is 6.31. The van der Waals surface area contributed by atoms with E-state index < -0.39 is 0 Å². The predicted octanol–water partition coefficient (Wildman–Crippen LogP) is 4.18. The molecule has 0 saturated carbocycles. The molecular weight excluding hydrogens is 310 g/mol. The average Bonchev–Trinajstić information content (AvgIpc) is 2.74. The number of nitrogens with two attached hydrogens (primary N) is 1. The van der Waals surface area contributed by atoms with Crippen LogP contribution in [0.2, 0.25) is 0 Å². The fourth-order valence-corrected chi connectivity index (χ4v) is 3.60. The van der Waals surface area contributed by atoms with Crippen LogP contribution < -0.4 is 10.5 Å². The molecule has 0 amide bonds. The Morgan fingerprint density at radius 1 is 1.22 bits per heavy atom. The van der Waals surface area contributed by atoms with Gasteiger partial charge in [-0.25, -0.2) is 0 Å². The van der Waals surface area contributed by atoms with Crippen LogP contribution in [-0.2, 0) is 0 Å². The molecule has 2 rings (SSSR count). The molecular formula is C14H16BrNOS. The second kappa shape index (κ2) is 5.43. The first kappa shape index (κ1) is 13.6. The highest BCUT2D eigenvalue weighted by atomic mass is 79.9. The van der Waals surface area contributed by atoms with E-state index in [1.807, 2.05) is 19.9 Å². The Morgan fingerprint density at radius 2 is 1.83 bits per heavy atom. The molecule has 4 heteroatoms. The molecule has 2 nitrogen and oxygen atoms in total. The molecule has 0 aliphatic heterocycles. The largest absolute Gasteiger partial charge is 0.496 e. The first-order chi connectivity index (χ1) is 8.52. The Labute approximate surface area is 120 Å². The topological polar surface area (TPSA) is 35.2 Å². The average molecular weight is 326 g/mol. The summed E-state index contributed by atoms with van der Waals surface area (Å²) in [5, 5.41) is 0. The van der Waals surface area contributed by atoms with Crippen LogP contribution in [0.25, 0.3) is 0 Å². The molecule has 0 fully saturated rings. The molecule has 2 aromatic rings. The molecule has 18 heavy (non-hydrogen) atoms. The number of thiophene rings is 1. The third kappa shape index (κ3) is 2.60. The van der Waals surface area contributed by atoms with Crippen molar-refractivity contribution >= 4 is 27.3 Å². The van der Waals surface area contributed by atoms with Crippen LogP contribution >= 0.6 is 27.3 Å². The lowest BCUT2D eigenvalue weighted by Gasteiger charge is -2.15. The number of rotatable bonds is 3. The fourth-order valence-electron chi connectivity index (χ4n) is 2.14. The molecule has 1 aromatic heterocycles. The summed E-state index contributed by atoms with van der Waals surface area (Å²) in [6.45, 7) is 4.10. The zero-order chi connectivity index (χ0) is 13.3. The van der Waals surface area contributed by atoms with Crippen molar-refractivity contribution in [1.82, 2.24) is 0 Å². The number of ether oxygens (including phenoxy) is 1. The Balaban J connectivity index is 2.40. The minimum absolute atomic E-state index is 0.0791. The van der Waals surface area contributed by atoms with E-state index in [0.717, 1.165) is 31.1 Å². The van der Waals surface area contributed by atoms with Gasteiger partial charge in [-0.15, -0.1) is 11.3 Å². The van der Waals surface area contributed by atoms with Crippen molar-refractivity contribution in [2.45, 2.75) is 19.9 Å². The van der Waals surface area contributed by atoms with Gasteiger partial charge in [0.2, 0.25) is 0 Å². The summed E-state index contributed by atoms with van der Waals surface area (Å²) in [4.78, 5) is 1.16. The standard InChI is InChI=1S/C14H16BrNOS/c1-8-6-10(7-9(2)14(8)17-3)13(16)11-4-5-12(15)18-11/h4-7,13H,16H2,1-3H3. The summed E-state index contributed by atoms with van der Waals surface area (Å²) in [7, 11) is 1.70. The van der Waals surface area contributed by atoms with E-state index in [9.17, 15) is 0 Å². The lowest BCUT2D eigenvalue weighted by atomic mass is 10.00. The van der Waals surface area contributed by atoms with Crippen molar-refractivity contribution in [1.29, 1.82) is 0 Å². The molecule has 2 N–H and O–H groups in total. The van der Waals surface area contributed by atoms with Gasteiger partial charge in [-0.3, -0.25) is 0 Å². The lowest BCUT2D eigenvalue weighted by molar-refractivity contribution is 0.408. The maximum Gasteiger partial charge on any atom is 0.124 e. The molecule has 0 bridgehead atoms. The fraction of sp³-hybridized carbons (Fsp3) is 0.286. The molecule has 0 aliphatic carbocycles. The van der Waals surface area contributed by atoms with Crippen molar-refractivity contribution < 1.29 is 4.74 Å². The van der Waals surface area contributed by atoms with Crippen molar-refractivity contribution in [3.8, 4) is 5.75 Å². The van der Waals surface area contributed by atoms with Gasteiger partial charge in [-0.1, -0.05) is 12.1 Å². The third-order valence-corrected chi connectivity index (χ3v) is 4.65. The van der Waals surface area contributed by atoms with Crippen molar-refractivity contribution in [3.63, 3.8) is 0 Å². The Kier molecular flexibility index (Phi) is 4.10. The first-order valence-electron chi connectivity index (χ1n) is 5.69. The van der Waals surface area contributed by atoms with E-state index >= 15 is 0 Å². The highest BCUT2D eigenvalue weighted by molar-refractivity contribution is 9.11. The van der Waals surface area contributed by atoms with Crippen LogP contribution in [0.4, 0.5) is 0 Å². The van der Waals surface area contributed by atoms with Crippen LogP contribution in [0.5, 0.6) is 5.75 Å². The second-order valence-electron chi connectivity index (χ2n) is 4.31. The van der Waals surface area contributed by atoms with Gasteiger partial charge in [0.15, 0.2) is 0 Å². The van der Waals surface area contributed by atoms with E-state index in [1.54, 1.807) is 18.4 Å². The summed E-state index contributed by atoms with van der Waals surface area (Å²) >= 11 is 5.14. The van der Waals surface area contributed by atoms with E-state index in [1.165, 1.54) is 0 Å². The molecule has 0 radical (unpaired) electrons. The zero-order valence-electron chi connectivity index (χ0n) is 10.7. The molecule has 1 unspecified atom stereocenters. The van der Waals surface area contributed by atoms with E-state index in [-0.39, 0.29) is 6.04 Å². The summed E-state index contributed by atoms with van der Waals surface area (Å²) in [5.74, 6) is 0.943. The summed E-state index contributed by atoms with van der Waals surface area (Å²) in [5.41, 5.74) is 9.68. The smallest absolute Gasteiger partial charge is 0.124 e. The Hall–Kier alpha value is -0.840. The maximum absolute atomic E-state index is 6.31. The molecule has 96 valence electrons. The number of methoxy groups -OCH3 is 1. The van der Waals surface area contributed by atoms with Crippen LogP contribution in [-0.4, -0.2) is 7.11 Å². The van der Waals surface area contributed by atoms with Gasteiger partial charge in [0.05, 0.1) is 16.9 Å². The van der Waals surface area contributed by atoms with Crippen LogP contribution in [0.15, 0.2) is 28.1 Å². The highest BCUT2D eigenvalue weighted by Crippen LogP contribution is 2.33.